The topological polar surface area (TPSA) is 115 Å². The van der Waals surface area contributed by atoms with Crippen molar-refractivity contribution in [1.82, 2.24) is 9.88 Å². The molecule has 1 fully saturated rings. The van der Waals surface area contributed by atoms with Gasteiger partial charge >= 0.3 is 18.2 Å². The summed E-state index contributed by atoms with van der Waals surface area (Å²) in [6.07, 6.45) is -2.53. The highest BCUT2D eigenvalue weighted by Crippen LogP contribution is 2.35. The Morgan fingerprint density at radius 2 is 1.91 bits per heavy atom. The number of halogens is 3. The second-order valence-corrected chi connectivity index (χ2v) is 8.71. The van der Waals surface area contributed by atoms with Crippen LogP contribution in [0.4, 0.5) is 28.8 Å². The van der Waals surface area contributed by atoms with Crippen LogP contribution in [-0.4, -0.2) is 58.3 Å². The number of benzene rings is 1. The Bertz CT molecular complexity index is 975. The summed E-state index contributed by atoms with van der Waals surface area (Å²) in [6, 6.07) is 4.94. The van der Waals surface area contributed by atoms with Crippen LogP contribution in [0, 0.1) is 5.92 Å². The SMILES string of the molecule is O=C(O)c1sc(NC(=O)N2CCC(CNc3ccccc3C(F)(F)F)CC2)nc1CCCO. The minimum absolute atomic E-state index is 0.0303. The molecule has 1 aliphatic heterocycles. The van der Waals surface area contributed by atoms with Gasteiger partial charge < -0.3 is 20.4 Å². The van der Waals surface area contributed by atoms with Gasteiger partial charge in [-0.05, 0) is 43.7 Å². The second kappa shape index (κ2) is 10.8. The molecule has 0 radical (unpaired) electrons. The summed E-state index contributed by atoms with van der Waals surface area (Å²) in [7, 11) is 0. The van der Waals surface area contributed by atoms with E-state index in [-0.39, 0.29) is 28.2 Å². The molecular formula is C21H25F3N4O4S. The maximum Gasteiger partial charge on any atom is 0.418 e. The standard InChI is InChI=1S/C21H25F3N4O4S/c22-21(23,24)14-4-1-2-5-15(14)25-12-13-7-9-28(10-8-13)20(32)27-19-26-16(6-3-11-29)17(33-19)18(30)31/h1-2,4-5,13,25,29H,3,6-12H2,(H,30,31)(H,26,27,32). The molecule has 0 atom stereocenters. The molecule has 4 N–H and O–H groups in total. The van der Waals surface area contributed by atoms with Gasteiger partial charge in [-0.1, -0.05) is 23.5 Å². The van der Waals surface area contributed by atoms with Crippen LogP contribution < -0.4 is 10.6 Å². The van der Waals surface area contributed by atoms with Crippen molar-refractivity contribution in [3.63, 3.8) is 0 Å². The number of likely N-dealkylation sites (tertiary alicyclic amines) is 1. The largest absolute Gasteiger partial charge is 0.477 e. The smallest absolute Gasteiger partial charge is 0.418 e. The maximum absolute atomic E-state index is 13.1. The Balaban J connectivity index is 1.51. The van der Waals surface area contributed by atoms with Crippen LogP contribution in [0.3, 0.4) is 0 Å². The van der Waals surface area contributed by atoms with Crippen LogP contribution in [-0.2, 0) is 12.6 Å². The second-order valence-electron chi connectivity index (χ2n) is 7.71. The number of carboxylic acid groups (broad SMARTS) is 1. The van der Waals surface area contributed by atoms with Crippen molar-refractivity contribution in [2.75, 3.05) is 36.9 Å². The fourth-order valence-electron chi connectivity index (χ4n) is 3.64. The minimum atomic E-state index is -4.43. The Morgan fingerprint density at radius 1 is 1.21 bits per heavy atom. The van der Waals surface area contributed by atoms with Crippen LogP contribution in [0.2, 0.25) is 0 Å². The summed E-state index contributed by atoms with van der Waals surface area (Å²) in [5.74, 6) is -1.03. The van der Waals surface area contributed by atoms with Crippen LogP contribution in [0.1, 0.15) is 40.2 Å². The Morgan fingerprint density at radius 3 is 2.55 bits per heavy atom. The number of aliphatic hydroxyl groups excluding tert-OH is 1. The van der Waals surface area contributed by atoms with E-state index >= 15 is 0 Å². The van der Waals surface area contributed by atoms with Crippen LogP contribution in [0.25, 0.3) is 0 Å². The molecule has 0 spiro atoms. The predicted molar refractivity (Wildman–Crippen MR) is 118 cm³/mol. The van der Waals surface area contributed by atoms with E-state index in [4.69, 9.17) is 5.11 Å². The van der Waals surface area contributed by atoms with Crippen molar-refractivity contribution in [1.29, 1.82) is 0 Å². The van der Waals surface area contributed by atoms with Gasteiger partial charge in [0, 0.05) is 31.9 Å². The number of hydrogen-bond donors (Lipinski definition) is 4. The monoisotopic (exact) mass is 486 g/mol. The number of aliphatic hydroxyl groups is 1. The normalized spacial score (nSPS) is 14.8. The van der Waals surface area contributed by atoms with Gasteiger partial charge in [0.05, 0.1) is 11.3 Å². The molecule has 0 aliphatic carbocycles. The molecule has 3 rings (SSSR count). The van der Waals surface area contributed by atoms with E-state index in [1.54, 1.807) is 11.0 Å². The first-order valence-electron chi connectivity index (χ1n) is 10.5. The number of piperidine rings is 1. The highest BCUT2D eigenvalue weighted by atomic mass is 32.1. The van der Waals surface area contributed by atoms with Crippen molar-refractivity contribution >= 4 is 34.2 Å². The number of nitrogens with zero attached hydrogens (tertiary/aromatic N) is 2. The highest BCUT2D eigenvalue weighted by molar-refractivity contribution is 7.17. The number of urea groups is 1. The molecule has 2 aromatic rings. The number of carboxylic acids is 1. The molecule has 1 saturated heterocycles. The average molecular weight is 487 g/mol. The number of rotatable bonds is 8. The number of thiazole rings is 1. The van der Waals surface area contributed by atoms with E-state index in [0.717, 1.165) is 17.4 Å². The number of carbonyl (C=O) groups is 2. The fraction of sp³-hybridized carbons (Fsp3) is 0.476. The summed E-state index contributed by atoms with van der Waals surface area (Å²) in [4.78, 5) is 29.7. The molecule has 2 heterocycles. The lowest BCUT2D eigenvalue weighted by Crippen LogP contribution is -2.42. The van der Waals surface area contributed by atoms with Gasteiger partial charge in [-0.15, -0.1) is 0 Å². The summed E-state index contributed by atoms with van der Waals surface area (Å²) in [5.41, 5.74) is -0.342. The van der Waals surface area contributed by atoms with E-state index in [0.29, 0.717) is 51.0 Å². The molecule has 1 aromatic heterocycles. The highest BCUT2D eigenvalue weighted by Gasteiger charge is 2.33. The number of aromatic carboxylic acids is 1. The Labute approximate surface area is 192 Å². The minimum Gasteiger partial charge on any atom is -0.477 e. The molecule has 1 aliphatic rings. The Hall–Kier alpha value is -2.86. The molecule has 8 nitrogen and oxygen atoms in total. The molecule has 12 heteroatoms. The maximum atomic E-state index is 13.1. The summed E-state index contributed by atoms with van der Waals surface area (Å²) < 4.78 is 39.4. The van der Waals surface area contributed by atoms with Crippen molar-refractivity contribution in [2.24, 2.45) is 5.92 Å². The lowest BCUT2D eigenvalue weighted by atomic mass is 9.96. The van der Waals surface area contributed by atoms with Crippen LogP contribution in [0.5, 0.6) is 0 Å². The molecule has 1 aromatic carbocycles. The molecular weight excluding hydrogens is 461 g/mol. The van der Waals surface area contributed by atoms with E-state index in [1.807, 2.05) is 0 Å². The van der Waals surface area contributed by atoms with Gasteiger partial charge in [-0.25, -0.2) is 14.6 Å². The van der Waals surface area contributed by atoms with Gasteiger partial charge in [-0.3, -0.25) is 5.32 Å². The number of carbonyl (C=O) groups excluding carboxylic acids is 1. The predicted octanol–water partition coefficient (Wildman–Crippen LogP) is 4.14. The van der Waals surface area contributed by atoms with Gasteiger partial charge in [0.1, 0.15) is 4.88 Å². The van der Waals surface area contributed by atoms with E-state index in [1.165, 1.54) is 12.1 Å². The third-order valence-electron chi connectivity index (χ3n) is 5.39. The average Bonchev–Trinajstić information content (AvgIpc) is 3.19. The number of aryl methyl sites for hydroxylation is 1. The first kappa shape index (κ1) is 24.8. The number of nitrogens with one attached hydrogen (secondary N) is 2. The Kier molecular flexibility index (Phi) is 8.14. The zero-order chi connectivity index (χ0) is 24.0. The van der Waals surface area contributed by atoms with Crippen molar-refractivity contribution < 1.29 is 33.0 Å². The molecule has 2 amide bonds. The molecule has 0 bridgehead atoms. The van der Waals surface area contributed by atoms with Gasteiger partial charge in [0.25, 0.3) is 0 Å². The van der Waals surface area contributed by atoms with Crippen LogP contribution >= 0.6 is 11.3 Å². The van der Waals surface area contributed by atoms with Gasteiger partial charge in [-0.2, -0.15) is 13.2 Å². The quantitative estimate of drug-likeness (QED) is 0.446. The lowest BCUT2D eigenvalue weighted by molar-refractivity contribution is -0.137. The molecule has 33 heavy (non-hydrogen) atoms. The summed E-state index contributed by atoms with van der Waals surface area (Å²) in [5, 5.41) is 23.9. The zero-order valence-electron chi connectivity index (χ0n) is 17.7. The molecule has 0 unspecified atom stereocenters. The molecule has 180 valence electrons. The van der Waals surface area contributed by atoms with E-state index < -0.39 is 23.7 Å². The lowest BCUT2D eigenvalue weighted by Gasteiger charge is -2.32. The third kappa shape index (κ3) is 6.57. The zero-order valence-corrected chi connectivity index (χ0v) is 18.5. The molecule has 0 saturated carbocycles. The van der Waals surface area contributed by atoms with Gasteiger partial charge in [0.15, 0.2) is 5.13 Å². The number of alkyl halides is 3. The number of aromatic nitrogens is 1. The van der Waals surface area contributed by atoms with Crippen molar-refractivity contribution in [3.05, 3.63) is 40.4 Å². The van der Waals surface area contributed by atoms with Crippen molar-refractivity contribution in [3.8, 4) is 0 Å². The van der Waals surface area contributed by atoms with E-state index in [2.05, 4.69) is 15.6 Å². The fourth-order valence-corrected chi connectivity index (χ4v) is 4.48. The first-order valence-corrected chi connectivity index (χ1v) is 11.3. The van der Waals surface area contributed by atoms with Crippen LogP contribution in [0.15, 0.2) is 24.3 Å². The van der Waals surface area contributed by atoms with E-state index in [9.17, 15) is 27.9 Å². The van der Waals surface area contributed by atoms with Gasteiger partial charge in [0.2, 0.25) is 0 Å². The third-order valence-corrected chi connectivity index (χ3v) is 6.39. The van der Waals surface area contributed by atoms with Crippen molar-refractivity contribution in [2.45, 2.75) is 31.9 Å². The number of para-hydroxylation sites is 1. The first-order chi connectivity index (χ1) is 15.7. The number of hydrogen-bond acceptors (Lipinski definition) is 6. The summed E-state index contributed by atoms with van der Waals surface area (Å²) in [6.45, 7) is 1.12. The number of anilines is 2. The number of amides is 2. The summed E-state index contributed by atoms with van der Waals surface area (Å²) >= 11 is 0.867.